The molecule has 6 amide bonds. The Labute approximate surface area is 577 Å². The fourth-order valence-corrected chi connectivity index (χ4v) is 12.2. The van der Waals surface area contributed by atoms with Gasteiger partial charge in [-0.3, -0.25) is 81.9 Å². The third-order valence-electron chi connectivity index (χ3n) is 15.3. The van der Waals surface area contributed by atoms with E-state index in [9.17, 15) is 101 Å². The molecule has 1 fully saturated rings. The van der Waals surface area contributed by atoms with Crippen molar-refractivity contribution >= 4 is 98.1 Å². The van der Waals surface area contributed by atoms with Crippen LogP contribution in [0.1, 0.15) is 64.7 Å². The molecule has 4 aromatic rings. The van der Waals surface area contributed by atoms with E-state index in [-0.39, 0.29) is 127 Å². The zero-order valence-corrected chi connectivity index (χ0v) is 56.5. The Kier molecular flexibility index (Phi) is 33.0. The van der Waals surface area contributed by atoms with Gasteiger partial charge in [-0.15, -0.1) is 0 Å². The van der Waals surface area contributed by atoms with E-state index in [0.29, 0.717) is 22.6 Å². The number of benzene rings is 2. The Morgan fingerprint density at radius 3 is 1.62 bits per heavy atom. The summed E-state index contributed by atoms with van der Waals surface area (Å²) in [6, 6.07) is 2.67. The minimum absolute atomic E-state index is 0.00262. The molecule has 2 aromatic carbocycles. The minimum atomic E-state index is -4.40. The number of hydrogen-bond acceptors (Lipinski definition) is 24. The Hall–Kier alpha value is -10.1. The van der Waals surface area contributed by atoms with Gasteiger partial charge in [-0.25, -0.2) is 23.2 Å². The van der Waals surface area contributed by atoms with Gasteiger partial charge >= 0.3 is 35.8 Å². The fourth-order valence-electron chi connectivity index (χ4n) is 10.6. The van der Waals surface area contributed by atoms with Crippen LogP contribution in [0.25, 0.3) is 10.9 Å². The molecule has 3 atom stereocenters. The van der Waals surface area contributed by atoms with Crippen LogP contribution in [-0.4, -0.2) is 281 Å². The van der Waals surface area contributed by atoms with Gasteiger partial charge in [0, 0.05) is 128 Å². The summed E-state index contributed by atoms with van der Waals surface area (Å²) in [5.74, 6) is -13.0. The molecule has 0 radical (unpaired) electrons. The second kappa shape index (κ2) is 40.9. The second-order valence-electron chi connectivity index (χ2n) is 23.4. The van der Waals surface area contributed by atoms with E-state index in [2.05, 4.69) is 56.9 Å². The van der Waals surface area contributed by atoms with Gasteiger partial charge in [-0.05, 0) is 56.0 Å². The Morgan fingerprint density at radius 2 is 1.12 bits per heavy atom. The van der Waals surface area contributed by atoms with Crippen LogP contribution in [0.15, 0.2) is 58.6 Å². The third kappa shape index (κ3) is 29.0. The van der Waals surface area contributed by atoms with Crippen molar-refractivity contribution in [2.45, 2.75) is 89.0 Å². The normalized spacial score (nSPS) is 14.6. The number of aliphatic carboxylic acids is 6. The monoisotopic (exact) mass is 1440 g/mol. The number of rotatable bonds is 41. The van der Waals surface area contributed by atoms with Crippen molar-refractivity contribution < 1.29 is 111 Å². The number of nitrogens with zero attached hydrogens (tertiary/aromatic N) is 6. The molecule has 15 N–H and O–H groups in total. The van der Waals surface area contributed by atoms with E-state index in [1.165, 1.54) is 31.9 Å². The summed E-state index contributed by atoms with van der Waals surface area (Å²) in [6.07, 6.45) is 2.20. The number of amides is 6. The van der Waals surface area contributed by atoms with Gasteiger partial charge < -0.3 is 77.4 Å². The quantitative estimate of drug-likeness (QED) is 0.0115. The number of pyridine rings is 1. The SMILES string of the molecule is Cc1cc(C)c(S(=O)(=O)N[C@@H](CNC(=O)c2cn(CCCNC(=O)CCC(=O)NCCOOOCCNC(=O)[C@H](CC(=O)O)NC(=O)[C@H](CC(=O)O)NC(=O)CN3CCN(CC(=O)O)CCN(CC(=O)O)CCN(CC(=O)O)CC3)c3cc(CNc4ncc[nH]4)ccc3c2=O)C(=O)O)c(C)c1. The summed E-state index contributed by atoms with van der Waals surface area (Å²) in [5.41, 5.74) is 1.62. The Bertz CT molecular complexity index is 3710. The number of H-pyrrole nitrogens is 1. The molecule has 0 spiro atoms. The number of anilines is 1. The predicted molar refractivity (Wildman–Crippen MR) is 352 cm³/mol. The highest BCUT2D eigenvalue weighted by molar-refractivity contribution is 7.89. The summed E-state index contributed by atoms with van der Waals surface area (Å²) < 4.78 is 30.6. The molecule has 1 saturated heterocycles. The summed E-state index contributed by atoms with van der Waals surface area (Å²) in [6.45, 7) is 2.12. The lowest BCUT2D eigenvalue weighted by Gasteiger charge is -2.33. The lowest BCUT2D eigenvalue weighted by molar-refractivity contribution is -0.510. The summed E-state index contributed by atoms with van der Waals surface area (Å²) >= 11 is 0. The first-order chi connectivity index (χ1) is 47.9. The summed E-state index contributed by atoms with van der Waals surface area (Å²) in [4.78, 5) is 186. The number of imidazole rings is 1. The van der Waals surface area contributed by atoms with Crippen molar-refractivity contribution in [3.8, 4) is 0 Å². The van der Waals surface area contributed by atoms with Gasteiger partial charge in [-0.2, -0.15) is 4.72 Å². The van der Waals surface area contributed by atoms with Crippen LogP contribution in [-0.2, 0) is 90.7 Å². The number of carboxylic acid groups (broad SMARTS) is 6. The Balaban J connectivity index is 1.05. The lowest BCUT2D eigenvalue weighted by Crippen LogP contribution is -2.56. The van der Waals surface area contributed by atoms with Crippen molar-refractivity contribution in [1.82, 2.24) is 70.8 Å². The minimum Gasteiger partial charge on any atom is -0.481 e. The van der Waals surface area contributed by atoms with Gasteiger partial charge in [0.1, 0.15) is 36.9 Å². The number of fused-ring (bicyclic) bond motifs is 1. The van der Waals surface area contributed by atoms with E-state index < -0.39 is 157 Å². The van der Waals surface area contributed by atoms with E-state index in [1.54, 1.807) is 62.0 Å². The number of nitrogens with one attached hydrogen (secondary N) is 9. The molecule has 101 heavy (non-hydrogen) atoms. The van der Waals surface area contributed by atoms with Crippen molar-refractivity contribution in [1.29, 1.82) is 0 Å². The van der Waals surface area contributed by atoms with Gasteiger partial charge in [-0.1, -0.05) is 28.8 Å². The smallest absolute Gasteiger partial charge is 0.323 e. The molecule has 0 bridgehead atoms. The fraction of sp³-hybridized carbons (Fsp3) is 0.508. The van der Waals surface area contributed by atoms with Crippen LogP contribution < -0.4 is 47.4 Å². The van der Waals surface area contributed by atoms with Crippen LogP contribution in [0.2, 0.25) is 0 Å². The number of hydrogen-bond donors (Lipinski definition) is 15. The van der Waals surface area contributed by atoms with Crippen LogP contribution in [0.4, 0.5) is 5.95 Å². The highest BCUT2D eigenvalue weighted by Gasteiger charge is 2.32. The highest BCUT2D eigenvalue weighted by Crippen LogP contribution is 2.22. The van der Waals surface area contributed by atoms with Gasteiger partial charge in [0.15, 0.2) is 5.95 Å². The van der Waals surface area contributed by atoms with Crippen LogP contribution in [0.5, 0.6) is 0 Å². The maximum atomic E-state index is 13.9. The average Bonchev–Trinajstić information content (AvgIpc) is 1.12. The molecule has 0 saturated carbocycles. The van der Waals surface area contributed by atoms with Gasteiger partial charge in [0.25, 0.3) is 5.91 Å². The molecule has 0 aliphatic carbocycles. The van der Waals surface area contributed by atoms with Crippen LogP contribution >= 0.6 is 0 Å². The number of carbonyl (C=O) groups excluding carboxylic acids is 6. The molecule has 1 aliphatic rings. The molecule has 0 unspecified atom stereocenters. The highest BCUT2D eigenvalue weighted by atomic mass is 32.2. The van der Waals surface area contributed by atoms with Crippen molar-refractivity contribution in [3.63, 3.8) is 0 Å². The number of aromatic amines is 1. The molecule has 5 rings (SSSR count). The van der Waals surface area contributed by atoms with E-state index in [1.807, 2.05) is 0 Å². The predicted octanol–water partition coefficient (Wildman–Crippen LogP) is -3.78. The molecular weight excluding hydrogens is 1360 g/mol. The first-order valence-corrected chi connectivity index (χ1v) is 33.2. The molecule has 40 heteroatoms. The molecule has 39 nitrogen and oxygen atoms in total. The second-order valence-corrected chi connectivity index (χ2v) is 25.0. The molecule has 554 valence electrons. The maximum absolute atomic E-state index is 13.9. The van der Waals surface area contributed by atoms with Crippen LogP contribution in [0, 0.1) is 20.8 Å². The summed E-state index contributed by atoms with van der Waals surface area (Å²) in [7, 11) is -4.40. The largest absolute Gasteiger partial charge is 0.481 e. The maximum Gasteiger partial charge on any atom is 0.323 e. The van der Waals surface area contributed by atoms with Gasteiger partial charge in [0.05, 0.1) is 49.4 Å². The zero-order chi connectivity index (χ0) is 74.3. The number of carboxylic acids is 6. The molecular formula is C61H85N15O24S. The zero-order valence-electron chi connectivity index (χ0n) is 55.7. The standard InChI is InChI=1S/C61H85N15O24S/c1-37-25-38(2)56(39(3)26-37)101(96,97)71-45(60(94)95)31-67-57(91)42-32-76(46-27-40(5-6-41(46)55(42)90)30-68-61-65-10-11-66-61)14-4-9-62-47(77)7-8-48(78)63-12-23-98-100-99-24-13-64-58(92)43(28-50(80)81)70-59(93)44(29-51(82)83)69-49(79)33-72-15-17-73(34-52(84)85)19-21-75(36-54(88)89)22-20-74(18-16-72)35-53(86)87/h5-6,10-11,25-27,32,43-45,71H,4,7-9,12-24,28-31,33-36H2,1-3H3,(H,62,77)(H,63,78)(H,64,92)(H,67,91)(H,69,79)(H,70,93)(H,80,81)(H,82,83)(H,84,85)(H,86,87)(H,88,89)(H,94,95)(H2,65,66,68)/t43-,44-,45-/m0/s1. The number of aromatic nitrogens is 3. The average molecular weight is 1440 g/mol. The first kappa shape index (κ1) is 81.6. The first-order valence-electron chi connectivity index (χ1n) is 31.7. The number of aryl methyl sites for hydroxylation is 4. The number of sulfonamides is 1. The van der Waals surface area contributed by atoms with E-state index in [4.69, 9.17) is 9.78 Å². The molecule has 3 heterocycles. The van der Waals surface area contributed by atoms with Gasteiger partial charge in [0.2, 0.25) is 45.0 Å². The summed E-state index contributed by atoms with van der Waals surface area (Å²) in [5, 5.41) is 79.8. The van der Waals surface area contributed by atoms with Crippen molar-refractivity contribution in [2.24, 2.45) is 0 Å². The Morgan fingerprint density at radius 1 is 0.604 bits per heavy atom. The third-order valence-corrected chi connectivity index (χ3v) is 17.0. The number of carbonyl (C=O) groups is 12. The molecule has 1 aliphatic heterocycles. The topological polar surface area (TPSA) is 548 Å². The lowest BCUT2D eigenvalue weighted by atomic mass is 10.1. The van der Waals surface area contributed by atoms with E-state index in [0.717, 1.165) is 11.1 Å². The van der Waals surface area contributed by atoms with Crippen molar-refractivity contribution in [2.75, 3.05) is 123 Å². The van der Waals surface area contributed by atoms with E-state index >= 15 is 0 Å². The van der Waals surface area contributed by atoms with Crippen LogP contribution in [0.3, 0.4) is 0 Å². The van der Waals surface area contributed by atoms with Crippen molar-refractivity contribution in [3.05, 3.63) is 87.0 Å². The molecule has 2 aromatic heterocycles.